The van der Waals surface area contributed by atoms with Gasteiger partial charge in [-0.05, 0) is 43.3 Å². The number of amidine groups is 1. The summed E-state index contributed by atoms with van der Waals surface area (Å²) < 4.78 is 5.40. The van der Waals surface area contributed by atoms with E-state index in [0.717, 1.165) is 40.7 Å². The van der Waals surface area contributed by atoms with Crippen LogP contribution in [0.25, 0.3) is 0 Å². The summed E-state index contributed by atoms with van der Waals surface area (Å²) >= 11 is 0. The molecule has 5 nitrogen and oxygen atoms in total. The molecule has 0 radical (unpaired) electrons. The fourth-order valence-corrected chi connectivity index (χ4v) is 2.85. The molecule has 0 fully saturated rings. The van der Waals surface area contributed by atoms with Gasteiger partial charge < -0.3 is 14.7 Å². The highest BCUT2D eigenvalue weighted by Gasteiger charge is 2.22. The minimum atomic E-state index is 0.249. The van der Waals surface area contributed by atoms with E-state index >= 15 is 0 Å². The molecule has 0 aliphatic carbocycles. The number of ether oxygens (including phenoxy) is 1. The second-order valence-corrected chi connectivity index (χ2v) is 5.58. The second-order valence-electron chi connectivity index (χ2n) is 5.58. The lowest BCUT2D eigenvalue weighted by Crippen LogP contribution is -2.31. The van der Waals surface area contributed by atoms with Crippen molar-refractivity contribution in [3.05, 3.63) is 53.6 Å². The highest BCUT2D eigenvalue weighted by Crippen LogP contribution is 2.31. The van der Waals surface area contributed by atoms with Crippen molar-refractivity contribution >= 4 is 17.2 Å². The Bertz CT molecular complexity index is 795. The minimum Gasteiger partial charge on any atom is -0.508 e. The molecule has 0 spiro atoms. The maximum Gasteiger partial charge on any atom is 0.120 e. The highest BCUT2D eigenvalue weighted by atomic mass is 16.5. The van der Waals surface area contributed by atoms with Gasteiger partial charge in [0.15, 0.2) is 0 Å². The van der Waals surface area contributed by atoms with E-state index in [9.17, 15) is 5.11 Å². The average molecular weight is 323 g/mol. The van der Waals surface area contributed by atoms with Crippen LogP contribution in [-0.2, 0) is 0 Å². The number of anilines is 1. The lowest BCUT2D eigenvalue weighted by Gasteiger charge is -2.24. The number of rotatable bonds is 2. The Labute approximate surface area is 141 Å². The molecule has 1 aliphatic heterocycles. The van der Waals surface area contributed by atoms with Gasteiger partial charge in [-0.15, -0.1) is 0 Å². The second kappa shape index (κ2) is 6.74. The first-order chi connectivity index (χ1) is 11.6. The number of phenols is 1. The smallest absolute Gasteiger partial charge is 0.120 e. The first-order valence-corrected chi connectivity index (χ1v) is 7.87. The Kier molecular flexibility index (Phi) is 4.51. The number of hydrogen-bond donors (Lipinski definition) is 1. The molecule has 3 rings (SSSR count). The van der Waals surface area contributed by atoms with Gasteiger partial charge in [-0.2, -0.15) is 0 Å². The molecule has 0 amide bonds. The van der Waals surface area contributed by atoms with Crippen LogP contribution in [0.4, 0.5) is 5.69 Å². The minimum absolute atomic E-state index is 0.249. The highest BCUT2D eigenvalue weighted by molar-refractivity contribution is 6.18. The number of nitrogens with zero attached hydrogens (tertiary/aromatic N) is 3. The molecule has 124 valence electrons. The molecule has 0 saturated carbocycles. The Morgan fingerprint density at radius 1 is 1.21 bits per heavy atom. The van der Waals surface area contributed by atoms with Crippen molar-refractivity contribution < 1.29 is 9.84 Å². The van der Waals surface area contributed by atoms with Crippen molar-refractivity contribution in [2.45, 2.75) is 6.92 Å². The third kappa shape index (κ3) is 2.97. The van der Waals surface area contributed by atoms with Crippen LogP contribution in [0.1, 0.15) is 18.1 Å². The zero-order valence-corrected chi connectivity index (χ0v) is 14.2. The summed E-state index contributed by atoms with van der Waals surface area (Å²) in [6.45, 7) is 3.42. The Morgan fingerprint density at radius 3 is 2.62 bits per heavy atom. The maximum atomic E-state index is 9.54. The van der Waals surface area contributed by atoms with Gasteiger partial charge in [-0.3, -0.25) is 9.98 Å². The molecule has 1 N–H and O–H groups in total. The quantitative estimate of drug-likeness (QED) is 0.682. The third-order valence-electron chi connectivity index (χ3n) is 4.20. The largest absolute Gasteiger partial charge is 0.508 e. The molecule has 0 atom stereocenters. The predicted molar refractivity (Wildman–Crippen MR) is 98.0 cm³/mol. The fraction of sp³-hybridized carbons (Fsp3) is 0.263. The third-order valence-corrected chi connectivity index (χ3v) is 4.20. The molecule has 24 heavy (non-hydrogen) atoms. The van der Waals surface area contributed by atoms with Gasteiger partial charge in [0, 0.05) is 30.8 Å². The normalized spacial score (nSPS) is 14.7. The van der Waals surface area contributed by atoms with Crippen LogP contribution in [0, 0.1) is 0 Å². The monoisotopic (exact) mass is 323 g/mol. The zero-order valence-electron chi connectivity index (χ0n) is 14.2. The molecule has 5 heteroatoms. The summed E-state index contributed by atoms with van der Waals surface area (Å²) in [4.78, 5) is 11.3. The van der Waals surface area contributed by atoms with E-state index < -0.39 is 0 Å². The lowest BCUT2D eigenvalue weighted by atomic mass is 9.99. The molecule has 2 aromatic carbocycles. The van der Waals surface area contributed by atoms with E-state index in [1.165, 1.54) is 0 Å². The SMILES string of the molecule is CN=C(C)N1CCN=C(c2ccc(O)cc2)c2ccc(OC)cc21. The summed E-state index contributed by atoms with van der Waals surface area (Å²) in [6.07, 6.45) is 0. The number of benzodiazepines with no additional fused rings is 1. The summed E-state index contributed by atoms with van der Waals surface area (Å²) in [5.41, 5.74) is 3.95. The number of aliphatic imine (C=N–C) groups is 2. The van der Waals surface area contributed by atoms with Gasteiger partial charge in [0.1, 0.15) is 11.5 Å². The standard InChI is InChI=1S/C19H21N3O2/c1-13(20-2)22-11-10-21-19(14-4-6-15(23)7-5-14)17-9-8-16(24-3)12-18(17)22/h4-9,12,23H,10-11H2,1-3H3. The van der Waals surface area contributed by atoms with Crippen LogP contribution in [0.15, 0.2) is 52.4 Å². The van der Waals surface area contributed by atoms with E-state index in [-0.39, 0.29) is 5.75 Å². The van der Waals surface area contributed by atoms with Crippen molar-refractivity contribution in [3.8, 4) is 11.5 Å². The topological polar surface area (TPSA) is 57.4 Å². The number of aromatic hydroxyl groups is 1. The van der Waals surface area contributed by atoms with Gasteiger partial charge in [-0.25, -0.2) is 0 Å². The number of phenolic OH excluding ortho intramolecular Hbond substituents is 1. The van der Waals surface area contributed by atoms with Gasteiger partial charge in [0.25, 0.3) is 0 Å². The Balaban J connectivity index is 2.16. The van der Waals surface area contributed by atoms with Crippen molar-refractivity contribution in [1.29, 1.82) is 0 Å². The summed E-state index contributed by atoms with van der Waals surface area (Å²) in [6, 6.07) is 13.1. The van der Waals surface area contributed by atoms with Crippen LogP contribution in [-0.4, -0.2) is 43.9 Å². The first kappa shape index (κ1) is 16.1. The molecular weight excluding hydrogens is 302 g/mol. The van der Waals surface area contributed by atoms with Crippen LogP contribution in [0.5, 0.6) is 11.5 Å². The zero-order chi connectivity index (χ0) is 17.1. The van der Waals surface area contributed by atoms with Crippen molar-refractivity contribution in [2.75, 3.05) is 32.1 Å². The molecule has 0 bridgehead atoms. The van der Waals surface area contributed by atoms with Gasteiger partial charge in [-0.1, -0.05) is 0 Å². The molecule has 0 aromatic heterocycles. The van der Waals surface area contributed by atoms with Crippen LogP contribution < -0.4 is 9.64 Å². The number of hydrogen-bond acceptors (Lipinski definition) is 4. The fourth-order valence-electron chi connectivity index (χ4n) is 2.85. The van der Waals surface area contributed by atoms with E-state index in [4.69, 9.17) is 9.73 Å². The lowest BCUT2D eigenvalue weighted by molar-refractivity contribution is 0.415. The van der Waals surface area contributed by atoms with Gasteiger partial charge >= 0.3 is 0 Å². The summed E-state index contributed by atoms with van der Waals surface area (Å²) in [7, 11) is 3.46. The van der Waals surface area contributed by atoms with Crippen LogP contribution in [0.3, 0.4) is 0 Å². The number of methoxy groups -OCH3 is 1. The molecule has 2 aromatic rings. The van der Waals surface area contributed by atoms with Crippen LogP contribution >= 0.6 is 0 Å². The molecule has 0 unspecified atom stereocenters. The first-order valence-electron chi connectivity index (χ1n) is 7.87. The number of fused-ring (bicyclic) bond motifs is 1. The molecule has 1 heterocycles. The maximum absolute atomic E-state index is 9.54. The van der Waals surface area contributed by atoms with Gasteiger partial charge in [0.2, 0.25) is 0 Å². The Hall–Kier alpha value is -2.82. The summed E-state index contributed by atoms with van der Waals surface area (Å²) in [5.74, 6) is 1.99. The molecule has 1 aliphatic rings. The van der Waals surface area contributed by atoms with Crippen molar-refractivity contribution in [3.63, 3.8) is 0 Å². The van der Waals surface area contributed by atoms with E-state index in [2.05, 4.69) is 9.89 Å². The predicted octanol–water partition coefficient (Wildman–Crippen LogP) is 3.11. The number of benzene rings is 2. The Morgan fingerprint density at radius 2 is 1.96 bits per heavy atom. The van der Waals surface area contributed by atoms with Gasteiger partial charge in [0.05, 0.1) is 30.9 Å². The van der Waals surface area contributed by atoms with E-state index in [1.807, 2.05) is 37.3 Å². The van der Waals surface area contributed by atoms with E-state index in [1.54, 1.807) is 26.3 Å². The summed E-state index contributed by atoms with van der Waals surface area (Å²) in [5, 5.41) is 9.54. The average Bonchev–Trinajstić information content (AvgIpc) is 2.81. The molecule has 0 saturated heterocycles. The van der Waals surface area contributed by atoms with Crippen LogP contribution in [0.2, 0.25) is 0 Å². The van der Waals surface area contributed by atoms with Crippen molar-refractivity contribution in [2.24, 2.45) is 9.98 Å². The molecular formula is C19H21N3O2. The van der Waals surface area contributed by atoms with Crippen molar-refractivity contribution in [1.82, 2.24) is 0 Å². The van der Waals surface area contributed by atoms with E-state index in [0.29, 0.717) is 6.54 Å².